The highest BCUT2D eigenvalue weighted by Gasteiger charge is 2.34. The molecule has 0 aliphatic carbocycles. The first kappa shape index (κ1) is 17.7. The van der Waals surface area contributed by atoms with Gasteiger partial charge in [0.25, 0.3) is 0 Å². The number of thioether (sulfide) groups is 1. The largest absolute Gasteiger partial charge is 0.463 e. The highest BCUT2D eigenvalue weighted by atomic mass is 32.2. The molecular formula is C21H21N3O2S. The van der Waals surface area contributed by atoms with Gasteiger partial charge in [-0.3, -0.25) is 4.57 Å². The molecule has 27 heavy (non-hydrogen) atoms. The van der Waals surface area contributed by atoms with Crippen molar-refractivity contribution in [1.29, 1.82) is 0 Å². The van der Waals surface area contributed by atoms with Gasteiger partial charge in [0, 0.05) is 10.6 Å². The molecule has 1 aliphatic rings. The number of fused-ring (bicyclic) bond motifs is 3. The van der Waals surface area contributed by atoms with Gasteiger partial charge in [0.1, 0.15) is 0 Å². The molecule has 0 amide bonds. The number of aromatic nitrogens is 2. The maximum atomic E-state index is 12.8. The molecule has 6 heteroatoms. The van der Waals surface area contributed by atoms with E-state index < -0.39 is 0 Å². The summed E-state index contributed by atoms with van der Waals surface area (Å²) in [6.07, 6.45) is 2.05. The van der Waals surface area contributed by atoms with Crippen molar-refractivity contribution in [3.63, 3.8) is 0 Å². The van der Waals surface area contributed by atoms with Crippen molar-refractivity contribution in [2.45, 2.75) is 24.8 Å². The van der Waals surface area contributed by atoms with Crippen molar-refractivity contribution in [3.05, 3.63) is 65.4 Å². The molecule has 138 valence electrons. The van der Waals surface area contributed by atoms with Crippen molar-refractivity contribution < 1.29 is 9.53 Å². The minimum absolute atomic E-state index is 0.288. The fraction of sp³-hybridized carbons (Fsp3) is 0.238. The van der Waals surface area contributed by atoms with Crippen LogP contribution in [0.5, 0.6) is 0 Å². The van der Waals surface area contributed by atoms with Gasteiger partial charge in [0.15, 0.2) is 0 Å². The lowest BCUT2D eigenvalue weighted by Crippen LogP contribution is -2.29. The van der Waals surface area contributed by atoms with Gasteiger partial charge in [0.05, 0.1) is 29.3 Å². The molecule has 4 rings (SSSR count). The molecule has 0 bridgehead atoms. The Morgan fingerprint density at radius 2 is 1.96 bits per heavy atom. The van der Waals surface area contributed by atoms with Gasteiger partial charge < -0.3 is 10.1 Å². The van der Waals surface area contributed by atoms with Crippen LogP contribution < -0.4 is 5.32 Å². The molecule has 1 N–H and O–H groups in total. The van der Waals surface area contributed by atoms with E-state index >= 15 is 0 Å². The molecule has 0 spiro atoms. The summed E-state index contributed by atoms with van der Waals surface area (Å²) in [5.41, 5.74) is 4.29. The van der Waals surface area contributed by atoms with Crippen molar-refractivity contribution >= 4 is 34.7 Å². The lowest BCUT2D eigenvalue weighted by Gasteiger charge is -2.30. The monoisotopic (exact) mass is 379 g/mol. The molecule has 1 aliphatic heterocycles. The number of ether oxygens (including phenoxy) is 1. The van der Waals surface area contributed by atoms with Crippen LogP contribution in [0.1, 0.15) is 25.5 Å². The van der Waals surface area contributed by atoms with Crippen LogP contribution in [0, 0.1) is 0 Å². The molecule has 1 aromatic heterocycles. The SMILES string of the molecule is CCOC(=O)C1=C(C)Nc2nc3ccccc3n2[C@@H]1c1ccc(SC)cc1. The molecule has 1 atom stereocenters. The van der Waals surface area contributed by atoms with Crippen LogP contribution in [0.15, 0.2) is 64.7 Å². The number of hydrogen-bond donors (Lipinski definition) is 1. The number of carbonyl (C=O) groups excluding carboxylic acids is 1. The van der Waals surface area contributed by atoms with Crippen LogP contribution in [0.2, 0.25) is 0 Å². The van der Waals surface area contributed by atoms with Gasteiger partial charge in [-0.05, 0) is 49.9 Å². The number of para-hydroxylation sites is 2. The predicted octanol–water partition coefficient (Wildman–Crippen LogP) is 4.61. The molecule has 0 saturated heterocycles. The predicted molar refractivity (Wildman–Crippen MR) is 109 cm³/mol. The summed E-state index contributed by atoms with van der Waals surface area (Å²) < 4.78 is 7.46. The van der Waals surface area contributed by atoms with Crippen molar-refractivity contribution in [1.82, 2.24) is 9.55 Å². The molecule has 0 radical (unpaired) electrons. The lowest BCUT2D eigenvalue weighted by atomic mass is 9.95. The number of nitrogens with zero attached hydrogens (tertiary/aromatic N) is 2. The molecule has 3 aromatic rings. The van der Waals surface area contributed by atoms with Crippen LogP contribution in [0.4, 0.5) is 5.95 Å². The summed E-state index contributed by atoms with van der Waals surface area (Å²) >= 11 is 1.69. The van der Waals surface area contributed by atoms with Crippen molar-refractivity contribution in [2.24, 2.45) is 0 Å². The summed E-state index contributed by atoms with van der Waals surface area (Å²) in [6, 6.07) is 16.0. The second kappa shape index (κ2) is 7.12. The first-order valence-corrected chi connectivity index (χ1v) is 10.1. The number of rotatable bonds is 4. The molecule has 2 heterocycles. The Hall–Kier alpha value is -2.73. The van der Waals surface area contributed by atoms with E-state index in [0.29, 0.717) is 12.2 Å². The third-order valence-corrected chi connectivity index (χ3v) is 5.50. The average molecular weight is 379 g/mol. The third-order valence-electron chi connectivity index (χ3n) is 4.76. The van der Waals surface area contributed by atoms with Crippen LogP contribution in [-0.4, -0.2) is 28.4 Å². The Balaban J connectivity index is 1.94. The molecule has 0 unspecified atom stereocenters. The van der Waals surface area contributed by atoms with E-state index in [1.54, 1.807) is 11.8 Å². The number of benzene rings is 2. The Bertz CT molecular complexity index is 1040. The first-order chi connectivity index (χ1) is 13.1. The number of carbonyl (C=O) groups is 1. The Morgan fingerprint density at radius 1 is 1.22 bits per heavy atom. The molecule has 2 aromatic carbocycles. The summed E-state index contributed by atoms with van der Waals surface area (Å²) in [5.74, 6) is 0.436. The molecule has 0 fully saturated rings. The third kappa shape index (κ3) is 3.00. The number of esters is 1. The van der Waals surface area contributed by atoms with Gasteiger partial charge in [-0.1, -0.05) is 24.3 Å². The number of nitrogens with one attached hydrogen (secondary N) is 1. The highest BCUT2D eigenvalue weighted by Crippen LogP contribution is 2.39. The first-order valence-electron chi connectivity index (χ1n) is 8.90. The number of allylic oxidation sites excluding steroid dienone is 1. The van der Waals surface area contributed by atoms with E-state index in [1.807, 2.05) is 38.1 Å². The molecular weight excluding hydrogens is 358 g/mol. The van der Waals surface area contributed by atoms with Crippen molar-refractivity contribution in [2.75, 3.05) is 18.2 Å². The smallest absolute Gasteiger partial charge is 0.338 e. The highest BCUT2D eigenvalue weighted by molar-refractivity contribution is 7.98. The van der Waals surface area contributed by atoms with Gasteiger partial charge in [0.2, 0.25) is 5.95 Å². The quantitative estimate of drug-likeness (QED) is 0.530. The summed E-state index contributed by atoms with van der Waals surface area (Å²) in [7, 11) is 0. The minimum atomic E-state index is -0.301. The van der Waals surface area contributed by atoms with Gasteiger partial charge >= 0.3 is 5.97 Å². The zero-order valence-electron chi connectivity index (χ0n) is 15.5. The number of imidazole rings is 1. The van der Waals surface area contributed by atoms with Crippen LogP contribution >= 0.6 is 11.8 Å². The zero-order valence-corrected chi connectivity index (χ0v) is 16.3. The Labute approximate surface area is 162 Å². The van der Waals surface area contributed by atoms with Gasteiger partial charge in [-0.15, -0.1) is 11.8 Å². The standard InChI is InChI=1S/C21H21N3O2S/c1-4-26-20(25)18-13(2)22-21-23-16-7-5-6-8-17(16)24(21)19(18)14-9-11-15(27-3)12-10-14/h5-12,19H,4H2,1-3H3,(H,22,23)/t19-/m1/s1. The Kier molecular flexibility index (Phi) is 4.66. The van der Waals surface area contributed by atoms with E-state index in [4.69, 9.17) is 9.72 Å². The second-order valence-corrected chi connectivity index (χ2v) is 7.23. The number of hydrogen-bond acceptors (Lipinski definition) is 5. The summed E-state index contributed by atoms with van der Waals surface area (Å²) in [5, 5.41) is 3.29. The van der Waals surface area contributed by atoms with Gasteiger partial charge in [-0.2, -0.15) is 0 Å². The number of anilines is 1. The fourth-order valence-corrected chi connectivity index (χ4v) is 3.95. The van der Waals surface area contributed by atoms with E-state index in [1.165, 1.54) is 4.90 Å². The average Bonchev–Trinajstić information content (AvgIpc) is 3.05. The zero-order chi connectivity index (χ0) is 19.0. The van der Waals surface area contributed by atoms with Gasteiger partial charge in [-0.25, -0.2) is 9.78 Å². The lowest BCUT2D eigenvalue weighted by molar-refractivity contribution is -0.139. The maximum absolute atomic E-state index is 12.8. The van der Waals surface area contributed by atoms with E-state index in [9.17, 15) is 4.79 Å². The fourth-order valence-electron chi connectivity index (χ4n) is 3.54. The minimum Gasteiger partial charge on any atom is -0.463 e. The second-order valence-electron chi connectivity index (χ2n) is 6.35. The van der Waals surface area contributed by atoms with E-state index in [0.717, 1.165) is 28.2 Å². The topological polar surface area (TPSA) is 56.1 Å². The van der Waals surface area contributed by atoms with Crippen LogP contribution in [0.3, 0.4) is 0 Å². The summed E-state index contributed by atoms with van der Waals surface area (Å²) in [4.78, 5) is 18.7. The van der Waals surface area contributed by atoms with E-state index in [-0.39, 0.29) is 12.0 Å². The van der Waals surface area contributed by atoms with Crippen molar-refractivity contribution in [3.8, 4) is 0 Å². The maximum Gasteiger partial charge on any atom is 0.338 e. The van der Waals surface area contributed by atoms with Crippen LogP contribution in [0.25, 0.3) is 11.0 Å². The summed E-state index contributed by atoms with van der Waals surface area (Å²) in [6.45, 7) is 4.06. The normalized spacial score (nSPS) is 16.2. The molecule has 0 saturated carbocycles. The molecule has 5 nitrogen and oxygen atoms in total. The Morgan fingerprint density at radius 3 is 2.67 bits per heavy atom. The van der Waals surface area contributed by atoms with E-state index in [2.05, 4.69) is 40.4 Å². The van der Waals surface area contributed by atoms with Crippen LogP contribution in [-0.2, 0) is 9.53 Å².